The van der Waals surface area contributed by atoms with Crippen LogP contribution in [-0.4, -0.2) is 134 Å². The van der Waals surface area contributed by atoms with E-state index in [0.29, 0.717) is 12.8 Å². The van der Waals surface area contributed by atoms with Crippen LogP contribution in [0.5, 0.6) is 0 Å². The zero-order valence-corrected chi connectivity index (χ0v) is 38.9. The summed E-state index contributed by atoms with van der Waals surface area (Å²) in [6.45, 7) is 2.53. The maximum Gasteiger partial charge on any atom is 0.481 e. The molecule has 11 N–H and O–H groups in total. The number of unbranched alkanes of at least 4 members (excludes halogenated alkanes) is 3. The van der Waals surface area contributed by atoms with Crippen molar-refractivity contribution in [3.05, 3.63) is 37.0 Å². The number of aromatic nitrogens is 4. The van der Waals surface area contributed by atoms with Gasteiger partial charge in [0.1, 0.15) is 36.3 Å². The molecule has 0 saturated carbocycles. The lowest BCUT2D eigenvalue weighted by Gasteiger charge is -2.30. The molecule has 0 spiro atoms. The molecule has 25 nitrogen and oxygen atoms in total. The molecular weight excluding hydrogens is 931 g/mol. The second-order valence-corrected chi connectivity index (χ2v) is 20.5. The number of hydrogen-bond donors (Lipinski definition) is 10. The molecule has 3 heterocycles. The molecule has 0 radical (unpaired) electrons. The number of nitrogens with two attached hydrogens (primary N) is 1. The first-order valence-corrected chi connectivity index (χ1v) is 25.5. The standard InChI is InChI=1S/C35H58N7O18P3S/c1-4-5-6-7-8-9-10-11-12-23(43)13-14-26(45)64-18-17-37-25(44)15-16-38-33(48)30(47)35(2,3)20-57-63(54,55)60-62(52,53)56-19-24-29(59-61(49,50)51)28(46)34(58-24)42-22-41-27-31(36)39-21-40-32(27)42/h8-11,21-24,28-30,34,43,46-47H,4-7,12-20H2,1-3H3,(H,37,44)(H,38,48)(H,52,53)(H,54,55)(H2,36,39,40)(H2,49,50,51)/b9-8+,11-10+. The molecule has 3 rings (SSSR count). The fraction of sp³-hybridized carbons (Fsp3) is 0.657. The van der Waals surface area contributed by atoms with Crippen molar-refractivity contribution in [2.45, 2.75) is 109 Å². The Bertz CT molecular complexity index is 2060. The Morgan fingerprint density at radius 3 is 2.41 bits per heavy atom. The van der Waals surface area contributed by atoms with Crippen molar-refractivity contribution in [2.24, 2.45) is 5.41 Å². The number of nitrogens with one attached hydrogen (secondary N) is 2. The average Bonchev–Trinajstić information content (AvgIpc) is 3.77. The summed E-state index contributed by atoms with van der Waals surface area (Å²) in [6, 6.07) is 0. The van der Waals surface area contributed by atoms with Crippen molar-refractivity contribution >= 4 is 69.1 Å². The number of amides is 2. The largest absolute Gasteiger partial charge is 0.481 e. The van der Waals surface area contributed by atoms with Gasteiger partial charge < -0.3 is 56.0 Å². The van der Waals surface area contributed by atoms with Gasteiger partial charge in [0.05, 0.1) is 25.6 Å². The van der Waals surface area contributed by atoms with E-state index in [-0.39, 0.29) is 53.8 Å². The van der Waals surface area contributed by atoms with Gasteiger partial charge in [-0.25, -0.2) is 28.6 Å². The van der Waals surface area contributed by atoms with Crippen molar-refractivity contribution in [1.82, 2.24) is 30.2 Å². The molecule has 362 valence electrons. The highest BCUT2D eigenvalue weighted by Crippen LogP contribution is 2.61. The van der Waals surface area contributed by atoms with Crippen LogP contribution < -0.4 is 16.4 Å². The van der Waals surface area contributed by atoms with E-state index >= 15 is 0 Å². The van der Waals surface area contributed by atoms with Crippen LogP contribution in [0.15, 0.2) is 37.0 Å². The van der Waals surface area contributed by atoms with Crippen LogP contribution >= 0.6 is 35.2 Å². The van der Waals surface area contributed by atoms with Gasteiger partial charge in [0.2, 0.25) is 11.8 Å². The third kappa shape index (κ3) is 19.1. The number of carbonyl (C=O) groups is 3. The lowest BCUT2D eigenvalue weighted by Crippen LogP contribution is -2.46. The van der Waals surface area contributed by atoms with Gasteiger partial charge in [-0.05, 0) is 25.7 Å². The number of fused-ring (bicyclic) bond motifs is 1. The summed E-state index contributed by atoms with van der Waals surface area (Å²) in [5.41, 5.74) is 4.24. The number of allylic oxidation sites excluding steroid dienone is 3. The van der Waals surface area contributed by atoms with Gasteiger partial charge in [0.15, 0.2) is 22.8 Å². The first-order chi connectivity index (χ1) is 29.9. The number of nitrogen functional groups attached to an aromatic ring is 1. The maximum absolute atomic E-state index is 12.7. The van der Waals surface area contributed by atoms with Crippen LogP contribution in [0, 0.1) is 5.41 Å². The van der Waals surface area contributed by atoms with Crippen LogP contribution in [-0.2, 0) is 50.7 Å². The number of aliphatic hydroxyl groups excluding tert-OH is 3. The Balaban J connectivity index is 1.38. The molecule has 29 heteroatoms. The molecule has 0 aromatic carbocycles. The van der Waals surface area contributed by atoms with Gasteiger partial charge in [-0.2, -0.15) is 4.31 Å². The number of aliphatic hydroxyl groups is 3. The molecule has 64 heavy (non-hydrogen) atoms. The minimum absolute atomic E-state index is 0.0261. The molecule has 8 unspecified atom stereocenters. The molecule has 1 fully saturated rings. The van der Waals surface area contributed by atoms with Gasteiger partial charge in [-0.3, -0.25) is 32.5 Å². The van der Waals surface area contributed by atoms with Crippen molar-refractivity contribution in [1.29, 1.82) is 0 Å². The molecule has 1 aliphatic heterocycles. The summed E-state index contributed by atoms with van der Waals surface area (Å²) in [5.74, 6) is -1.22. The third-order valence-electron chi connectivity index (χ3n) is 9.21. The van der Waals surface area contributed by atoms with Gasteiger partial charge in [0.25, 0.3) is 0 Å². The summed E-state index contributed by atoms with van der Waals surface area (Å²) in [7, 11) is -16.4. The zero-order chi connectivity index (χ0) is 47.7. The van der Waals surface area contributed by atoms with Crippen molar-refractivity contribution < 1.29 is 85.6 Å². The number of nitrogens with zero attached hydrogens (tertiary/aromatic N) is 4. The van der Waals surface area contributed by atoms with E-state index in [1.54, 1.807) is 0 Å². The topological polar surface area (TPSA) is 384 Å². The Morgan fingerprint density at radius 2 is 1.70 bits per heavy atom. The van der Waals surface area contributed by atoms with Gasteiger partial charge in [0, 0.05) is 37.1 Å². The van der Waals surface area contributed by atoms with Gasteiger partial charge in [-0.15, -0.1) is 0 Å². The van der Waals surface area contributed by atoms with Crippen LogP contribution in [0.3, 0.4) is 0 Å². The first-order valence-electron chi connectivity index (χ1n) is 20.0. The SMILES string of the molecule is CCCCC/C=C/C=C/CC(O)CCC(=O)SCCNC(=O)CCNC(=O)C(O)C(C)(C)COP(=O)(O)OP(=O)(O)OCC1OC(n2cnc3c(N)ncnc32)C(O)C1OP(=O)(O)O. The Morgan fingerprint density at radius 1 is 1.00 bits per heavy atom. The summed E-state index contributed by atoms with van der Waals surface area (Å²) < 4.78 is 62.3. The number of phosphoric acid groups is 3. The molecule has 0 bridgehead atoms. The van der Waals surface area contributed by atoms with Crippen molar-refractivity contribution in [3.63, 3.8) is 0 Å². The van der Waals surface area contributed by atoms with E-state index < -0.39 is 90.7 Å². The molecule has 2 amide bonds. The molecule has 2 aromatic heterocycles. The number of phosphoric ester groups is 3. The highest BCUT2D eigenvalue weighted by atomic mass is 32.2. The molecular formula is C35H58N7O18P3S. The normalized spacial score (nSPS) is 21.2. The van der Waals surface area contributed by atoms with Crippen LogP contribution in [0.2, 0.25) is 0 Å². The van der Waals surface area contributed by atoms with E-state index in [4.69, 9.17) is 19.5 Å². The van der Waals surface area contributed by atoms with Crippen molar-refractivity contribution in [3.8, 4) is 0 Å². The lowest BCUT2D eigenvalue weighted by atomic mass is 9.87. The smallest absolute Gasteiger partial charge is 0.393 e. The second-order valence-electron chi connectivity index (χ2n) is 15.1. The van der Waals surface area contributed by atoms with Gasteiger partial charge in [-0.1, -0.05) is 69.7 Å². The Kier molecular flexibility index (Phi) is 22.3. The molecule has 2 aromatic rings. The lowest BCUT2D eigenvalue weighted by molar-refractivity contribution is -0.137. The zero-order valence-electron chi connectivity index (χ0n) is 35.4. The Hall–Kier alpha value is -3.00. The number of anilines is 1. The number of thioether (sulfide) groups is 1. The predicted molar refractivity (Wildman–Crippen MR) is 229 cm³/mol. The molecule has 1 saturated heterocycles. The molecule has 1 aliphatic rings. The number of rotatable bonds is 29. The first kappa shape index (κ1) is 55.3. The van der Waals surface area contributed by atoms with Crippen LogP contribution in [0.1, 0.15) is 78.4 Å². The van der Waals surface area contributed by atoms with Crippen molar-refractivity contribution in [2.75, 3.05) is 37.8 Å². The number of hydrogen-bond acceptors (Lipinski definition) is 19. The maximum atomic E-state index is 12.7. The fourth-order valence-electron chi connectivity index (χ4n) is 5.77. The van der Waals surface area contributed by atoms with Crippen LogP contribution in [0.4, 0.5) is 5.82 Å². The summed E-state index contributed by atoms with van der Waals surface area (Å²) >= 11 is 1.01. The minimum atomic E-state index is -5.59. The second kappa shape index (κ2) is 25.8. The number of carbonyl (C=O) groups excluding carboxylic acids is 3. The Labute approximate surface area is 373 Å². The van der Waals surface area contributed by atoms with Crippen LogP contribution in [0.25, 0.3) is 11.2 Å². The summed E-state index contributed by atoms with van der Waals surface area (Å²) in [6.07, 6.45) is 5.52. The number of ether oxygens (including phenoxy) is 1. The number of imidazole rings is 1. The highest BCUT2D eigenvalue weighted by Gasteiger charge is 2.50. The van der Waals surface area contributed by atoms with E-state index in [1.165, 1.54) is 20.3 Å². The summed E-state index contributed by atoms with van der Waals surface area (Å²) in [4.78, 5) is 88.1. The average molecular weight is 990 g/mol. The highest BCUT2D eigenvalue weighted by molar-refractivity contribution is 8.13. The quantitative estimate of drug-likeness (QED) is 0.0316. The molecule has 8 atom stereocenters. The van der Waals surface area contributed by atoms with E-state index in [1.807, 2.05) is 18.2 Å². The van der Waals surface area contributed by atoms with E-state index in [0.717, 1.165) is 48.2 Å². The predicted octanol–water partition coefficient (Wildman–Crippen LogP) is 1.89. The molecule has 0 aliphatic carbocycles. The van der Waals surface area contributed by atoms with E-state index in [9.17, 15) is 63.0 Å². The third-order valence-corrected chi connectivity index (χ3v) is 13.2. The van der Waals surface area contributed by atoms with E-state index in [2.05, 4.69) is 47.4 Å². The van der Waals surface area contributed by atoms with Gasteiger partial charge >= 0.3 is 23.5 Å². The minimum Gasteiger partial charge on any atom is -0.393 e. The monoisotopic (exact) mass is 989 g/mol. The summed E-state index contributed by atoms with van der Waals surface area (Å²) in [5, 5.41) is 36.4. The fourth-order valence-corrected chi connectivity index (χ4v) is 9.29.